The predicted octanol–water partition coefficient (Wildman–Crippen LogP) is 2.84. The third kappa shape index (κ3) is 3.35. The molecule has 0 amide bonds. The van der Waals surface area contributed by atoms with Crippen molar-refractivity contribution in [1.29, 1.82) is 0 Å². The first-order chi connectivity index (χ1) is 12.6. The van der Waals surface area contributed by atoms with Gasteiger partial charge in [-0.25, -0.2) is 14.5 Å². The van der Waals surface area contributed by atoms with Crippen molar-refractivity contribution in [3.8, 4) is 0 Å². The molecule has 8 heteroatoms. The molecular weight excluding hydrogens is 354 g/mol. The molecule has 0 aliphatic carbocycles. The van der Waals surface area contributed by atoms with Crippen LogP contribution in [-0.2, 0) is 11.8 Å². The molecule has 1 fully saturated rings. The van der Waals surface area contributed by atoms with Gasteiger partial charge in [0, 0.05) is 39.2 Å². The van der Waals surface area contributed by atoms with E-state index in [0.717, 1.165) is 37.3 Å². The SMILES string of the molecule is Cn1nnc2cc(C(=O)OC3CCN(c4ccc(Cl)cn4)CC3)ccc21. The first-order valence-corrected chi connectivity index (χ1v) is 8.85. The van der Waals surface area contributed by atoms with E-state index < -0.39 is 0 Å². The Morgan fingerprint density at radius 2 is 2.04 bits per heavy atom. The zero-order valence-corrected chi connectivity index (χ0v) is 15.1. The number of carbonyl (C=O) groups is 1. The quantitative estimate of drug-likeness (QED) is 0.659. The third-order valence-corrected chi connectivity index (χ3v) is 4.82. The number of hydrogen-bond acceptors (Lipinski definition) is 6. The summed E-state index contributed by atoms with van der Waals surface area (Å²) < 4.78 is 7.35. The van der Waals surface area contributed by atoms with Crippen LogP contribution in [0.5, 0.6) is 0 Å². The van der Waals surface area contributed by atoms with E-state index in [2.05, 4.69) is 20.2 Å². The fourth-order valence-corrected chi connectivity index (χ4v) is 3.26. The van der Waals surface area contributed by atoms with Crippen LogP contribution in [0.4, 0.5) is 5.82 Å². The fraction of sp³-hybridized carbons (Fsp3) is 0.333. The van der Waals surface area contributed by atoms with Crippen LogP contribution in [-0.4, -0.2) is 45.1 Å². The Morgan fingerprint density at radius 3 is 2.77 bits per heavy atom. The largest absolute Gasteiger partial charge is 0.459 e. The average molecular weight is 372 g/mol. The number of halogens is 1. The van der Waals surface area contributed by atoms with Gasteiger partial charge in [0.1, 0.15) is 17.4 Å². The van der Waals surface area contributed by atoms with Gasteiger partial charge in [-0.1, -0.05) is 16.8 Å². The molecule has 1 aliphatic rings. The Balaban J connectivity index is 1.37. The first kappa shape index (κ1) is 16.8. The number of hydrogen-bond donors (Lipinski definition) is 0. The molecule has 0 unspecified atom stereocenters. The second kappa shape index (κ2) is 6.92. The van der Waals surface area contributed by atoms with E-state index in [1.165, 1.54) is 0 Å². The molecule has 0 N–H and O–H groups in total. The Bertz CT molecular complexity index is 932. The number of benzene rings is 1. The number of piperidine rings is 1. The van der Waals surface area contributed by atoms with Gasteiger partial charge in [0.05, 0.1) is 16.1 Å². The minimum atomic E-state index is -0.319. The van der Waals surface area contributed by atoms with E-state index in [9.17, 15) is 4.79 Å². The maximum atomic E-state index is 12.4. The lowest BCUT2D eigenvalue weighted by Crippen LogP contribution is -2.38. The number of rotatable bonds is 3. The fourth-order valence-electron chi connectivity index (χ4n) is 3.14. The molecule has 134 valence electrons. The molecule has 7 nitrogen and oxygen atoms in total. The first-order valence-electron chi connectivity index (χ1n) is 8.47. The number of ether oxygens (including phenoxy) is 1. The predicted molar refractivity (Wildman–Crippen MR) is 98.4 cm³/mol. The van der Waals surface area contributed by atoms with Gasteiger partial charge in [-0.3, -0.25) is 0 Å². The standard InChI is InChI=1S/C18H18ClN5O2/c1-23-16-4-2-12(10-15(16)21-22-23)18(25)26-14-6-8-24(9-7-14)17-5-3-13(19)11-20-17/h2-5,10-11,14H,6-9H2,1H3. The number of esters is 1. The van der Waals surface area contributed by atoms with E-state index in [1.54, 1.807) is 23.0 Å². The Labute approximate surface area is 155 Å². The van der Waals surface area contributed by atoms with Crippen LogP contribution >= 0.6 is 11.6 Å². The minimum Gasteiger partial charge on any atom is -0.459 e. The van der Waals surface area contributed by atoms with E-state index in [-0.39, 0.29) is 12.1 Å². The van der Waals surface area contributed by atoms with Gasteiger partial charge in [-0.2, -0.15) is 0 Å². The van der Waals surface area contributed by atoms with Gasteiger partial charge >= 0.3 is 5.97 Å². The summed E-state index contributed by atoms with van der Waals surface area (Å²) in [6, 6.07) is 9.04. The van der Waals surface area contributed by atoms with Crippen molar-refractivity contribution >= 4 is 34.4 Å². The molecule has 3 aromatic rings. The third-order valence-electron chi connectivity index (χ3n) is 4.60. The van der Waals surface area contributed by atoms with Gasteiger partial charge in [0.15, 0.2) is 0 Å². The molecular formula is C18H18ClN5O2. The maximum absolute atomic E-state index is 12.4. The molecule has 0 saturated carbocycles. The van der Waals surface area contributed by atoms with Crippen LogP contribution in [0, 0.1) is 0 Å². The molecule has 1 aromatic carbocycles. The van der Waals surface area contributed by atoms with Gasteiger partial charge in [0.25, 0.3) is 0 Å². The van der Waals surface area contributed by atoms with Crippen molar-refractivity contribution in [2.75, 3.05) is 18.0 Å². The van der Waals surface area contributed by atoms with Crippen molar-refractivity contribution < 1.29 is 9.53 Å². The van der Waals surface area contributed by atoms with Crippen LogP contribution < -0.4 is 4.90 Å². The monoisotopic (exact) mass is 371 g/mol. The number of aryl methyl sites for hydroxylation is 1. The Morgan fingerprint density at radius 1 is 1.23 bits per heavy atom. The molecule has 26 heavy (non-hydrogen) atoms. The highest BCUT2D eigenvalue weighted by Gasteiger charge is 2.24. The van der Waals surface area contributed by atoms with E-state index in [1.807, 2.05) is 25.2 Å². The molecule has 0 spiro atoms. The molecule has 3 heterocycles. The van der Waals surface area contributed by atoms with Crippen molar-refractivity contribution in [3.05, 3.63) is 47.1 Å². The Hall–Kier alpha value is -2.67. The van der Waals surface area contributed by atoms with Crippen molar-refractivity contribution in [2.45, 2.75) is 18.9 Å². The molecule has 0 atom stereocenters. The summed E-state index contributed by atoms with van der Waals surface area (Å²) >= 11 is 5.88. The second-order valence-electron chi connectivity index (χ2n) is 6.34. The number of nitrogens with zero attached hydrogens (tertiary/aromatic N) is 5. The highest BCUT2D eigenvalue weighted by Crippen LogP contribution is 2.22. The summed E-state index contributed by atoms with van der Waals surface area (Å²) in [4.78, 5) is 18.9. The summed E-state index contributed by atoms with van der Waals surface area (Å²) in [5.74, 6) is 0.577. The maximum Gasteiger partial charge on any atom is 0.338 e. The summed E-state index contributed by atoms with van der Waals surface area (Å²) in [7, 11) is 1.82. The normalized spacial score (nSPS) is 15.4. The number of fused-ring (bicyclic) bond motifs is 1. The van der Waals surface area contributed by atoms with E-state index in [4.69, 9.17) is 16.3 Å². The van der Waals surface area contributed by atoms with E-state index >= 15 is 0 Å². The van der Waals surface area contributed by atoms with Crippen LogP contribution in [0.25, 0.3) is 11.0 Å². The summed E-state index contributed by atoms with van der Waals surface area (Å²) in [6.45, 7) is 1.57. The van der Waals surface area contributed by atoms with Crippen molar-refractivity contribution in [1.82, 2.24) is 20.0 Å². The molecule has 0 radical (unpaired) electrons. The zero-order chi connectivity index (χ0) is 18.1. The van der Waals surface area contributed by atoms with Crippen molar-refractivity contribution in [2.24, 2.45) is 7.05 Å². The summed E-state index contributed by atoms with van der Waals surface area (Å²) in [6.07, 6.45) is 3.09. The highest BCUT2D eigenvalue weighted by molar-refractivity contribution is 6.30. The molecule has 4 rings (SSSR count). The minimum absolute atomic E-state index is 0.0939. The lowest BCUT2D eigenvalue weighted by atomic mass is 10.1. The highest BCUT2D eigenvalue weighted by atomic mass is 35.5. The number of carbonyl (C=O) groups excluding carboxylic acids is 1. The van der Waals surface area contributed by atoms with Gasteiger partial charge in [-0.05, 0) is 30.3 Å². The second-order valence-corrected chi connectivity index (χ2v) is 6.78. The molecule has 1 aliphatic heterocycles. The summed E-state index contributed by atoms with van der Waals surface area (Å²) in [5, 5.41) is 8.61. The smallest absolute Gasteiger partial charge is 0.338 e. The van der Waals surface area contributed by atoms with Crippen LogP contribution in [0.2, 0.25) is 5.02 Å². The number of pyridine rings is 1. The van der Waals surface area contributed by atoms with Gasteiger partial charge in [-0.15, -0.1) is 5.10 Å². The van der Waals surface area contributed by atoms with Crippen LogP contribution in [0.1, 0.15) is 23.2 Å². The van der Waals surface area contributed by atoms with E-state index in [0.29, 0.717) is 16.1 Å². The van der Waals surface area contributed by atoms with Gasteiger partial charge in [0.2, 0.25) is 0 Å². The average Bonchev–Trinajstić information content (AvgIpc) is 3.03. The topological polar surface area (TPSA) is 73.1 Å². The molecule has 1 saturated heterocycles. The Kier molecular flexibility index (Phi) is 4.46. The van der Waals surface area contributed by atoms with Crippen LogP contribution in [0.15, 0.2) is 36.5 Å². The molecule has 2 aromatic heterocycles. The number of anilines is 1. The molecule has 0 bridgehead atoms. The summed E-state index contributed by atoms with van der Waals surface area (Å²) in [5.41, 5.74) is 2.07. The van der Waals surface area contributed by atoms with Crippen LogP contribution in [0.3, 0.4) is 0 Å². The van der Waals surface area contributed by atoms with Crippen molar-refractivity contribution in [3.63, 3.8) is 0 Å². The van der Waals surface area contributed by atoms with Gasteiger partial charge < -0.3 is 9.64 Å². The zero-order valence-electron chi connectivity index (χ0n) is 14.3. The lowest BCUT2D eigenvalue weighted by Gasteiger charge is -2.32. The lowest BCUT2D eigenvalue weighted by molar-refractivity contribution is 0.0245. The number of aromatic nitrogens is 4.